The number of Topliss-reactive ketones (excluding diaryl/α,β-unsaturated/α-hetero) is 1. The summed E-state index contributed by atoms with van der Waals surface area (Å²) in [6.45, 7) is 2.35. The predicted octanol–water partition coefficient (Wildman–Crippen LogP) is 3.14. The second kappa shape index (κ2) is 7.27. The molecular weight excluding hydrogens is 314 g/mol. The van der Waals surface area contributed by atoms with Crippen LogP contribution in [0.25, 0.3) is 0 Å². The number of hydrogen-bond donors (Lipinski definition) is 0. The van der Waals surface area contributed by atoms with E-state index in [0.29, 0.717) is 35.5 Å². The molecule has 1 aliphatic heterocycles. The highest BCUT2D eigenvalue weighted by Gasteiger charge is 2.31. The van der Waals surface area contributed by atoms with E-state index in [1.807, 2.05) is 18.2 Å². The number of likely N-dealkylation sites (tertiary alicyclic amines) is 1. The van der Waals surface area contributed by atoms with Gasteiger partial charge in [-0.2, -0.15) is 5.26 Å². The summed E-state index contributed by atoms with van der Waals surface area (Å²) in [4.78, 5) is 31.3. The normalized spacial score (nSPS) is 16.5. The number of ketones is 1. The van der Waals surface area contributed by atoms with E-state index in [1.165, 1.54) is 0 Å². The molecule has 1 atom stereocenters. The summed E-state index contributed by atoms with van der Waals surface area (Å²) in [5, 5.41) is 8.99. The summed E-state index contributed by atoms with van der Waals surface area (Å²) in [7, 11) is 0. The van der Waals surface area contributed by atoms with Crippen molar-refractivity contribution < 1.29 is 9.59 Å². The lowest BCUT2D eigenvalue weighted by atomic mass is 10.0. The number of nitriles is 1. The highest BCUT2D eigenvalue weighted by molar-refractivity contribution is 5.97. The molecule has 25 heavy (non-hydrogen) atoms. The van der Waals surface area contributed by atoms with Crippen LogP contribution in [-0.2, 0) is 0 Å². The minimum atomic E-state index is -0.170. The number of aromatic nitrogens is 1. The Labute approximate surface area is 146 Å². The molecule has 0 N–H and O–H groups in total. The molecule has 126 valence electrons. The van der Waals surface area contributed by atoms with Crippen LogP contribution in [0.5, 0.6) is 0 Å². The molecule has 0 aliphatic carbocycles. The molecule has 0 bridgehead atoms. The zero-order chi connectivity index (χ0) is 17.8. The number of nitrogens with zero attached hydrogens (tertiary/aromatic N) is 3. The molecule has 0 unspecified atom stereocenters. The molecule has 2 aromatic rings. The van der Waals surface area contributed by atoms with Crippen molar-refractivity contribution in [1.82, 2.24) is 9.88 Å². The Morgan fingerprint density at radius 1 is 1.24 bits per heavy atom. The van der Waals surface area contributed by atoms with Gasteiger partial charge in [0.1, 0.15) is 11.8 Å². The molecular formula is C20H19N3O2. The Hall–Kier alpha value is -3.00. The topological polar surface area (TPSA) is 74.1 Å². The van der Waals surface area contributed by atoms with Gasteiger partial charge in [-0.15, -0.1) is 0 Å². The van der Waals surface area contributed by atoms with E-state index in [0.717, 1.165) is 12.8 Å². The predicted molar refractivity (Wildman–Crippen MR) is 93.1 cm³/mol. The van der Waals surface area contributed by atoms with Gasteiger partial charge in [-0.25, -0.2) is 4.98 Å². The second-order valence-electron chi connectivity index (χ2n) is 6.23. The summed E-state index contributed by atoms with van der Waals surface area (Å²) in [5.41, 5.74) is 2.02. The molecule has 0 saturated carbocycles. The lowest BCUT2D eigenvalue weighted by molar-refractivity contribution is 0.0711. The third kappa shape index (κ3) is 3.58. The van der Waals surface area contributed by atoms with Gasteiger partial charge < -0.3 is 4.90 Å². The quantitative estimate of drug-likeness (QED) is 0.806. The number of pyridine rings is 1. The van der Waals surface area contributed by atoms with Crippen molar-refractivity contribution in [2.75, 3.05) is 6.54 Å². The van der Waals surface area contributed by atoms with Gasteiger partial charge in [-0.05, 0) is 31.9 Å². The van der Waals surface area contributed by atoms with Crippen LogP contribution in [0.2, 0.25) is 0 Å². The number of aryl methyl sites for hydroxylation is 1. The van der Waals surface area contributed by atoms with Crippen molar-refractivity contribution in [1.29, 1.82) is 5.26 Å². The Balaban J connectivity index is 1.75. The van der Waals surface area contributed by atoms with Crippen LogP contribution in [0.3, 0.4) is 0 Å². The molecule has 1 saturated heterocycles. The van der Waals surface area contributed by atoms with E-state index >= 15 is 0 Å². The average Bonchev–Trinajstić information content (AvgIpc) is 3.09. The van der Waals surface area contributed by atoms with Gasteiger partial charge in [-0.3, -0.25) is 9.59 Å². The van der Waals surface area contributed by atoms with Crippen molar-refractivity contribution >= 4 is 11.7 Å². The van der Waals surface area contributed by atoms with Crippen LogP contribution < -0.4 is 0 Å². The summed E-state index contributed by atoms with van der Waals surface area (Å²) >= 11 is 0. The van der Waals surface area contributed by atoms with Gasteiger partial charge in [0.15, 0.2) is 5.78 Å². The van der Waals surface area contributed by atoms with E-state index in [1.54, 1.807) is 36.1 Å². The lowest BCUT2D eigenvalue weighted by Crippen LogP contribution is -2.37. The van der Waals surface area contributed by atoms with E-state index in [9.17, 15) is 9.59 Å². The maximum atomic E-state index is 12.8. The fraction of sp³-hybridized carbons (Fsp3) is 0.300. The van der Waals surface area contributed by atoms with E-state index < -0.39 is 0 Å². The fourth-order valence-corrected chi connectivity index (χ4v) is 3.22. The minimum Gasteiger partial charge on any atom is -0.334 e. The first-order valence-electron chi connectivity index (χ1n) is 8.37. The summed E-state index contributed by atoms with van der Waals surface area (Å²) < 4.78 is 0. The molecule has 0 spiro atoms. The summed E-state index contributed by atoms with van der Waals surface area (Å²) in [6, 6.07) is 14.3. The molecule has 1 aliphatic rings. The van der Waals surface area contributed by atoms with E-state index in [2.05, 4.69) is 11.1 Å². The van der Waals surface area contributed by atoms with Gasteiger partial charge in [0, 0.05) is 24.6 Å². The number of amides is 1. The second-order valence-corrected chi connectivity index (χ2v) is 6.23. The van der Waals surface area contributed by atoms with Gasteiger partial charge >= 0.3 is 0 Å². The Morgan fingerprint density at radius 2 is 2.00 bits per heavy atom. The molecule has 1 amide bonds. The molecule has 2 heterocycles. The van der Waals surface area contributed by atoms with Gasteiger partial charge in [-0.1, -0.05) is 30.3 Å². The van der Waals surface area contributed by atoms with Gasteiger partial charge in [0.05, 0.1) is 11.3 Å². The largest absolute Gasteiger partial charge is 0.334 e. The van der Waals surface area contributed by atoms with Crippen LogP contribution >= 0.6 is 0 Å². The van der Waals surface area contributed by atoms with E-state index in [4.69, 9.17) is 5.26 Å². The molecule has 5 nitrogen and oxygen atoms in total. The zero-order valence-corrected chi connectivity index (χ0v) is 14.1. The number of hydrogen-bond acceptors (Lipinski definition) is 4. The van der Waals surface area contributed by atoms with Crippen LogP contribution in [0, 0.1) is 18.3 Å². The Kier molecular flexibility index (Phi) is 4.90. The maximum absolute atomic E-state index is 12.8. The van der Waals surface area contributed by atoms with Crippen molar-refractivity contribution in [3.63, 3.8) is 0 Å². The highest BCUT2D eigenvalue weighted by atomic mass is 16.2. The standard InChI is InChI=1S/C20H19N3O2/c1-14-16(13-21)9-10-18(22-14)20(25)23-11-5-8-17(23)12-19(24)15-6-3-2-4-7-15/h2-4,6-7,9-10,17H,5,8,11-12H2,1H3/t17-/m1/s1. The molecule has 5 heteroatoms. The molecule has 3 rings (SSSR count). The fourth-order valence-electron chi connectivity index (χ4n) is 3.22. The van der Waals surface area contributed by atoms with Crippen molar-refractivity contribution in [2.45, 2.75) is 32.2 Å². The van der Waals surface area contributed by atoms with Crippen LogP contribution in [0.15, 0.2) is 42.5 Å². The van der Waals surface area contributed by atoms with Crippen molar-refractivity contribution in [3.8, 4) is 6.07 Å². The number of carbonyl (C=O) groups excluding carboxylic acids is 2. The highest BCUT2D eigenvalue weighted by Crippen LogP contribution is 2.24. The van der Waals surface area contributed by atoms with Gasteiger partial charge in [0.2, 0.25) is 0 Å². The average molecular weight is 333 g/mol. The summed E-state index contributed by atoms with van der Waals surface area (Å²) in [6.07, 6.45) is 2.03. The van der Waals surface area contributed by atoms with Gasteiger partial charge in [0.25, 0.3) is 5.91 Å². The van der Waals surface area contributed by atoms with Crippen LogP contribution in [0.1, 0.15) is 51.4 Å². The van der Waals surface area contributed by atoms with Crippen molar-refractivity contribution in [3.05, 3.63) is 65.0 Å². The first kappa shape index (κ1) is 16.8. The number of benzene rings is 1. The lowest BCUT2D eigenvalue weighted by Gasteiger charge is -2.24. The minimum absolute atomic E-state index is 0.0502. The SMILES string of the molecule is Cc1nc(C(=O)N2CCC[C@@H]2CC(=O)c2ccccc2)ccc1C#N. The number of rotatable bonds is 4. The van der Waals surface area contributed by atoms with E-state index in [-0.39, 0.29) is 17.7 Å². The first-order chi connectivity index (χ1) is 12.1. The maximum Gasteiger partial charge on any atom is 0.272 e. The smallest absolute Gasteiger partial charge is 0.272 e. The third-order valence-electron chi connectivity index (χ3n) is 4.58. The molecule has 0 radical (unpaired) electrons. The monoisotopic (exact) mass is 333 g/mol. The van der Waals surface area contributed by atoms with Crippen molar-refractivity contribution in [2.24, 2.45) is 0 Å². The molecule has 1 aromatic carbocycles. The molecule has 1 aromatic heterocycles. The third-order valence-corrected chi connectivity index (χ3v) is 4.58. The Bertz CT molecular complexity index is 840. The van der Waals surface area contributed by atoms with Crippen LogP contribution in [-0.4, -0.2) is 34.2 Å². The first-order valence-corrected chi connectivity index (χ1v) is 8.37. The summed E-state index contributed by atoms with van der Waals surface area (Å²) in [5.74, 6) is -0.120. The van der Waals surface area contributed by atoms with Crippen LogP contribution in [0.4, 0.5) is 0 Å². The number of carbonyl (C=O) groups is 2. The molecule has 1 fully saturated rings. The zero-order valence-electron chi connectivity index (χ0n) is 14.1. The Morgan fingerprint density at radius 3 is 2.68 bits per heavy atom.